The molecule has 6 heteroatoms. The molecule has 0 spiro atoms. The number of Topliss-reactive ketones (excluding diaryl/α,β-unsaturated/α-hetero) is 1. The van der Waals surface area contributed by atoms with E-state index in [0.717, 1.165) is 20.3 Å². The highest BCUT2D eigenvalue weighted by Crippen LogP contribution is 2.24. The fraction of sp³-hybridized carbons (Fsp3) is 0.0556. The van der Waals surface area contributed by atoms with Gasteiger partial charge in [0.25, 0.3) is 11.8 Å². The highest BCUT2D eigenvalue weighted by molar-refractivity contribution is 9.10. The van der Waals surface area contributed by atoms with E-state index >= 15 is 0 Å². The van der Waals surface area contributed by atoms with Crippen molar-refractivity contribution in [2.45, 2.75) is 0 Å². The van der Waals surface area contributed by atoms with Crippen LogP contribution in [0.1, 0.15) is 31.2 Å². The summed E-state index contributed by atoms with van der Waals surface area (Å²) in [7, 11) is 0. The fourth-order valence-corrected chi connectivity index (χ4v) is 3.24. The number of nitrogens with zero attached hydrogens (tertiary/aromatic N) is 1. The SMILES string of the molecule is O=C(CN1C(=O)c2ccccc2C1=O)c1cc2cc(Br)ccc2[nH]1. The van der Waals surface area contributed by atoms with Crippen LogP contribution in [-0.4, -0.2) is 34.0 Å². The van der Waals surface area contributed by atoms with Crippen molar-refractivity contribution in [2.75, 3.05) is 6.54 Å². The van der Waals surface area contributed by atoms with E-state index < -0.39 is 11.8 Å². The molecule has 0 saturated heterocycles. The quantitative estimate of drug-likeness (QED) is 0.557. The Labute approximate surface area is 145 Å². The van der Waals surface area contributed by atoms with Crippen molar-refractivity contribution in [2.24, 2.45) is 0 Å². The number of imide groups is 1. The normalized spacial score (nSPS) is 13.6. The van der Waals surface area contributed by atoms with Gasteiger partial charge in [0.2, 0.25) is 0 Å². The third kappa shape index (κ3) is 2.27. The zero-order chi connectivity index (χ0) is 16.8. The van der Waals surface area contributed by atoms with E-state index in [4.69, 9.17) is 0 Å². The molecule has 1 N–H and O–H groups in total. The van der Waals surface area contributed by atoms with Crippen molar-refractivity contribution in [1.82, 2.24) is 9.88 Å². The molecule has 0 fully saturated rings. The summed E-state index contributed by atoms with van der Waals surface area (Å²) in [5.41, 5.74) is 1.88. The highest BCUT2D eigenvalue weighted by Gasteiger charge is 2.36. The first kappa shape index (κ1) is 14.8. The molecule has 2 heterocycles. The Balaban J connectivity index is 1.62. The second-order valence-electron chi connectivity index (χ2n) is 5.58. The average Bonchev–Trinajstić information content (AvgIpc) is 3.10. The number of benzene rings is 2. The third-order valence-corrected chi connectivity index (χ3v) is 4.56. The maximum absolute atomic E-state index is 12.5. The second kappa shape index (κ2) is 5.42. The maximum atomic E-state index is 12.5. The molecule has 0 aliphatic carbocycles. The van der Waals surface area contributed by atoms with Gasteiger partial charge in [-0.3, -0.25) is 19.3 Å². The third-order valence-electron chi connectivity index (χ3n) is 4.06. The molecule has 0 unspecified atom stereocenters. The van der Waals surface area contributed by atoms with Gasteiger partial charge in [0.05, 0.1) is 23.4 Å². The van der Waals surface area contributed by atoms with Crippen LogP contribution in [0, 0.1) is 0 Å². The van der Waals surface area contributed by atoms with Crippen molar-refractivity contribution in [1.29, 1.82) is 0 Å². The van der Waals surface area contributed by atoms with Gasteiger partial charge in [-0.05, 0) is 36.4 Å². The molecular formula is C18H11BrN2O3. The lowest BCUT2D eigenvalue weighted by Gasteiger charge is -2.11. The van der Waals surface area contributed by atoms with Crippen molar-refractivity contribution in [3.63, 3.8) is 0 Å². The second-order valence-corrected chi connectivity index (χ2v) is 6.50. The molecule has 0 radical (unpaired) electrons. The van der Waals surface area contributed by atoms with Crippen molar-refractivity contribution >= 4 is 44.4 Å². The van der Waals surface area contributed by atoms with Crippen LogP contribution >= 0.6 is 15.9 Å². The molecule has 24 heavy (non-hydrogen) atoms. The number of amides is 2. The van der Waals surface area contributed by atoms with Crippen LogP contribution < -0.4 is 0 Å². The minimum atomic E-state index is -0.428. The van der Waals surface area contributed by atoms with Crippen LogP contribution in [0.5, 0.6) is 0 Å². The molecule has 3 aromatic rings. The molecule has 118 valence electrons. The van der Waals surface area contributed by atoms with E-state index in [0.29, 0.717) is 16.8 Å². The summed E-state index contributed by atoms with van der Waals surface area (Å²) in [6, 6.07) is 13.9. The first-order chi connectivity index (χ1) is 11.5. The lowest BCUT2D eigenvalue weighted by atomic mass is 10.1. The van der Waals surface area contributed by atoms with Gasteiger partial charge in [0, 0.05) is 15.4 Å². The molecular weight excluding hydrogens is 372 g/mol. The van der Waals surface area contributed by atoms with Crippen molar-refractivity contribution in [3.8, 4) is 0 Å². The smallest absolute Gasteiger partial charge is 0.261 e. The van der Waals surface area contributed by atoms with Gasteiger partial charge in [-0.1, -0.05) is 28.1 Å². The molecule has 5 nitrogen and oxygen atoms in total. The van der Waals surface area contributed by atoms with Crippen LogP contribution in [0.15, 0.2) is 53.0 Å². The summed E-state index contributed by atoms with van der Waals surface area (Å²) in [4.78, 5) is 41.2. The first-order valence-electron chi connectivity index (χ1n) is 7.31. The van der Waals surface area contributed by atoms with Crippen LogP contribution in [0.25, 0.3) is 10.9 Å². The standard InChI is InChI=1S/C18H11BrN2O3/c19-11-5-6-14-10(7-11)8-15(20-14)16(22)9-21-17(23)12-3-1-2-4-13(12)18(21)24/h1-8,20H,9H2. The molecule has 0 bridgehead atoms. The summed E-state index contributed by atoms with van der Waals surface area (Å²) < 4.78 is 0.911. The number of carbonyl (C=O) groups excluding carboxylic acids is 3. The molecule has 1 aliphatic rings. The predicted octanol–water partition coefficient (Wildman–Crippen LogP) is 3.41. The van der Waals surface area contributed by atoms with Crippen LogP contribution in [-0.2, 0) is 0 Å². The number of hydrogen-bond acceptors (Lipinski definition) is 3. The Morgan fingerprint density at radius 3 is 2.33 bits per heavy atom. The number of aromatic nitrogens is 1. The Hall–Kier alpha value is -2.73. The van der Waals surface area contributed by atoms with Gasteiger partial charge in [-0.2, -0.15) is 0 Å². The maximum Gasteiger partial charge on any atom is 0.261 e. The number of rotatable bonds is 3. The number of fused-ring (bicyclic) bond motifs is 2. The molecule has 0 saturated carbocycles. The Morgan fingerprint density at radius 2 is 1.67 bits per heavy atom. The minimum absolute atomic E-state index is 0.277. The lowest BCUT2D eigenvalue weighted by Crippen LogP contribution is -2.35. The molecule has 2 aromatic carbocycles. The topological polar surface area (TPSA) is 70.2 Å². The van der Waals surface area contributed by atoms with E-state index in [1.807, 2.05) is 18.2 Å². The molecule has 0 atom stereocenters. The summed E-state index contributed by atoms with van der Waals surface area (Å²) in [5.74, 6) is -1.16. The van der Waals surface area contributed by atoms with Gasteiger partial charge in [-0.15, -0.1) is 0 Å². The molecule has 1 aromatic heterocycles. The summed E-state index contributed by atoms with van der Waals surface area (Å²) >= 11 is 3.39. The minimum Gasteiger partial charge on any atom is -0.352 e. The van der Waals surface area contributed by atoms with E-state index in [1.54, 1.807) is 30.3 Å². The van der Waals surface area contributed by atoms with Crippen molar-refractivity contribution < 1.29 is 14.4 Å². The van der Waals surface area contributed by atoms with E-state index in [2.05, 4.69) is 20.9 Å². The van der Waals surface area contributed by atoms with Crippen LogP contribution in [0.4, 0.5) is 0 Å². The van der Waals surface area contributed by atoms with Crippen LogP contribution in [0.2, 0.25) is 0 Å². The Morgan fingerprint density at radius 1 is 1.00 bits per heavy atom. The number of nitrogens with one attached hydrogen (secondary N) is 1. The summed E-state index contributed by atoms with van der Waals surface area (Å²) in [6.45, 7) is -0.277. The Kier molecular flexibility index (Phi) is 3.35. The molecule has 2 amide bonds. The zero-order valence-corrected chi connectivity index (χ0v) is 14.0. The number of ketones is 1. The summed E-state index contributed by atoms with van der Waals surface area (Å²) in [6.07, 6.45) is 0. The predicted molar refractivity (Wildman–Crippen MR) is 92.1 cm³/mol. The van der Waals surface area contributed by atoms with Gasteiger partial charge in [0.1, 0.15) is 0 Å². The average molecular weight is 383 g/mol. The first-order valence-corrected chi connectivity index (χ1v) is 8.10. The Bertz CT molecular complexity index is 987. The zero-order valence-electron chi connectivity index (χ0n) is 12.4. The number of halogens is 1. The largest absolute Gasteiger partial charge is 0.352 e. The van der Waals surface area contributed by atoms with Gasteiger partial charge in [0.15, 0.2) is 5.78 Å². The monoisotopic (exact) mass is 382 g/mol. The number of H-pyrrole nitrogens is 1. The number of aromatic amines is 1. The van der Waals surface area contributed by atoms with E-state index in [-0.39, 0.29) is 12.3 Å². The van der Waals surface area contributed by atoms with E-state index in [9.17, 15) is 14.4 Å². The highest BCUT2D eigenvalue weighted by atomic mass is 79.9. The number of carbonyl (C=O) groups is 3. The molecule has 1 aliphatic heterocycles. The summed E-state index contributed by atoms with van der Waals surface area (Å²) in [5, 5.41) is 0.884. The van der Waals surface area contributed by atoms with Crippen LogP contribution in [0.3, 0.4) is 0 Å². The molecule has 4 rings (SSSR count). The van der Waals surface area contributed by atoms with Gasteiger partial charge < -0.3 is 4.98 Å². The lowest BCUT2D eigenvalue weighted by molar-refractivity contribution is 0.0623. The fourth-order valence-electron chi connectivity index (χ4n) is 2.87. The van der Waals surface area contributed by atoms with Gasteiger partial charge >= 0.3 is 0 Å². The number of hydrogen-bond donors (Lipinski definition) is 1. The van der Waals surface area contributed by atoms with E-state index in [1.165, 1.54) is 0 Å². The van der Waals surface area contributed by atoms with Crippen molar-refractivity contribution in [3.05, 3.63) is 69.8 Å². The van der Waals surface area contributed by atoms with Gasteiger partial charge in [-0.25, -0.2) is 0 Å².